The first-order valence-electron chi connectivity index (χ1n) is 5.19. The maximum Gasteiger partial charge on any atom is 0.367 e. The van der Waals surface area contributed by atoms with Crippen LogP contribution in [0.5, 0.6) is 0 Å². The third-order valence-electron chi connectivity index (χ3n) is 2.54. The van der Waals surface area contributed by atoms with Gasteiger partial charge >= 0.3 is 5.97 Å². The lowest BCUT2D eigenvalue weighted by Crippen LogP contribution is -2.11. The van der Waals surface area contributed by atoms with E-state index in [9.17, 15) is 9.18 Å². The maximum absolute atomic E-state index is 13.4. The Labute approximate surface area is 84.1 Å². The minimum absolute atomic E-state index is 0.231. The molecule has 1 aliphatic rings. The summed E-state index contributed by atoms with van der Waals surface area (Å²) < 4.78 is 18.1. The average molecular weight is 200 g/mol. The monoisotopic (exact) mass is 200 g/mol. The van der Waals surface area contributed by atoms with E-state index in [-0.39, 0.29) is 6.61 Å². The summed E-state index contributed by atoms with van der Waals surface area (Å²) in [5.41, 5.74) is 0.641. The minimum atomic E-state index is -0.795. The lowest BCUT2D eigenvalue weighted by molar-refractivity contribution is -0.140. The third-order valence-corrected chi connectivity index (χ3v) is 2.54. The Morgan fingerprint density at radius 2 is 2.36 bits per heavy atom. The molecular formula is C11H17FO2. The number of rotatable bonds is 2. The van der Waals surface area contributed by atoms with Gasteiger partial charge in [-0.25, -0.2) is 4.79 Å². The molecule has 0 aliphatic heterocycles. The predicted molar refractivity (Wildman–Crippen MR) is 52.4 cm³/mol. The van der Waals surface area contributed by atoms with Crippen molar-refractivity contribution in [3.8, 4) is 0 Å². The summed E-state index contributed by atoms with van der Waals surface area (Å²) in [6, 6.07) is 0. The smallest absolute Gasteiger partial charge is 0.367 e. The van der Waals surface area contributed by atoms with Crippen LogP contribution in [0.3, 0.4) is 0 Å². The fourth-order valence-corrected chi connectivity index (χ4v) is 1.83. The van der Waals surface area contributed by atoms with Crippen molar-refractivity contribution in [3.05, 3.63) is 11.4 Å². The summed E-state index contributed by atoms with van der Waals surface area (Å²) in [5.74, 6) is -0.964. The van der Waals surface area contributed by atoms with Crippen LogP contribution < -0.4 is 0 Å². The van der Waals surface area contributed by atoms with Crippen LogP contribution in [-0.4, -0.2) is 12.6 Å². The molecule has 1 fully saturated rings. The SMILES string of the molecule is CCOC(=O)/C(F)=C1\CCCC(C)C1. The quantitative estimate of drug-likeness (QED) is 0.506. The van der Waals surface area contributed by atoms with Gasteiger partial charge in [0.25, 0.3) is 0 Å². The molecule has 80 valence electrons. The first-order valence-corrected chi connectivity index (χ1v) is 5.19. The summed E-state index contributed by atoms with van der Waals surface area (Å²) in [6.07, 6.45) is 3.50. The molecule has 1 unspecified atom stereocenters. The Balaban J connectivity index is 2.66. The van der Waals surface area contributed by atoms with Crippen LogP contribution >= 0.6 is 0 Å². The Bertz CT molecular complexity index is 246. The highest BCUT2D eigenvalue weighted by Crippen LogP contribution is 2.30. The Morgan fingerprint density at radius 3 is 2.93 bits per heavy atom. The highest BCUT2D eigenvalue weighted by Gasteiger charge is 2.21. The summed E-state index contributed by atoms with van der Waals surface area (Å²) in [7, 11) is 0. The molecule has 0 aromatic rings. The van der Waals surface area contributed by atoms with Gasteiger partial charge in [0, 0.05) is 0 Å². The van der Waals surface area contributed by atoms with Gasteiger partial charge in [-0.2, -0.15) is 4.39 Å². The molecule has 0 bridgehead atoms. The van der Waals surface area contributed by atoms with E-state index in [1.807, 2.05) is 0 Å². The maximum atomic E-state index is 13.4. The summed E-state index contributed by atoms with van der Waals surface area (Å²) >= 11 is 0. The van der Waals surface area contributed by atoms with Crippen molar-refractivity contribution in [1.29, 1.82) is 0 Å². The third kappa shape index (κ3) is 2.82. The highest BCUT2D eigenvalue weighted by atomic mass is 19.1. The zero-order valence-corrected chi connectivity index (χ0v) is 8.81. The van der Waals surface area contributed by atoms with E-state index in [1.165, 1.54) is 0 Å². The molecule has 0 aromatic heterocycles. The van der Waals surface area contributed by atoms with E-state index in [0.717, 1.165) is 12.8 Å². The van der Waals surface area contributed by atoms with Gasteiger partial charge in [-0.3, -0.25) is 0 Å². The number of hydrogen-bond donors (Lipinski definition) is 0. The Morgan fingerprint density at radius 1 is 1.64 bits per heavy atom. The molecule has 0 spiro atoms. The van der Waals surface area contributed by atoms with Crippen LogP contribution in [-0.2, 0) is 9.53 Å². The summed E-state index contributed by atoms with van der Waals surface area (Å²) in [5, 5.41) is 0. The first-order chi connectivity index (χ1) is 6.65. The van der Waals surface area contributed by atoms with Gasteiger partial charge in [-0.05, 0) is 37.7 Å². The predicted octanol–water partition coefficient (Wildman–Crippen LogP) is 2.98. The van der Waals surface area contributed by atoms with Crippen LogP contribution in [0, 0.1) is 5.92 Å². The van der Waals surface area contributed by atoms with Gasteiger partial charge in [0.15, 0.2) is 0 Å². The van der Waals surface area contributed by atoms with Crippen LogP contribution in [0.1, 0.15) is 39.5 Å². The fourth-order valence-electron chi connectivity index (χ4n) is 1.83. The molecule has 0 N–H and O–H groups in total. The lowest BCUT2D eigenvalue weighted by atomic mass is 9.86. The van der Waals surface area contributed by atoms with Gasteiger partial charge in [-0.1, -0.05) is 13.3 Å². The van der Waals surface area contributed by atoms with Gasteiger partial charge in [0.2, 0.25) is 5.83 Å². The normalized spacial score (nSPS) is 25.8. The van der Waals surface area contributed by atoms with Gasteiger partial charge < -0.3 is 4.74 Å². The van der Waals surface area contributed by atoms with Crippen molar-refractivity contribution >= 4 is 5.97 Å². The Hall–Kier alpha value is -0.860. The number of ether oxygens (including phenoxy) is 1. The number of carbonyl (C=O) groups is 1. The zero-order chi connectivity index (χ0) is 10.6. The van der Waals surface area contributed by atoms with E-state index in [4.69, 9.17) is 0 Å². The average Bonchev–Trinajstić information content (AvgIpc) is 2.17. The molecule has 1 rings (SSSR count). The van der Waals surface area contributed by atoms with Crippen molar-refractivity contribution in [2.75, 3.05) is 6.61 Å². The summed E-state index contributed by atoms with van der Waals surface area (Å²) in [4.78, 5) is 11.1. The lowest BCUT2D eigenvalue weighted by Gasteiger charge is -2.20. The van der Waals surface area contributed by atoms with Gasteiger partial charge in [-0.15, -0.1) is 0 Å². The minimum Gasteiger partial charge on any atom is -0.461 e. The van der Waals surface area contributed by atoms with E-state index in [1.54, 1.807) is 6.92 Å². The van der Waals surface area contributed by atoms with Crippen molar-refractivity contribution in [2.24, 2.45) is 5.92 Å². The molecule has 1 saturated carbocycles. The van der Waals surface area contributed by atoms with Crippen LogP contribution in [0.15, 0.2) is 11.4 Å². The first kappa shape index (κ1) is 11.2. The van der Waals surface area contributed by atoms with Crippen LogP contribution in [0.25, 0.3) is 0 Å². The molecule has 3 heteroatoms. The number of carbonyl (C=O) groups excluding carboxylic acids is 1. The Kier molecular flexibility index (Phi) is 4.11. The number of allylic oxidation sites excluding steroid dienone is 1. The van der Waals surface area contributed by atoms with E-state index in [0.29, 0.717) is 24.3 Å². The van der Waals surface area contributed by atoms with Crippen LogP contribution in [0.4, 0.5) is 4.39 Å². The number of hydrogen-bond acceptors (Lipinski definition) is 2. The molecule has 1 atom stereocenters. The topological polar surface area (TPSA) is 26.3 Å². The molecule has 0 radical (unpaired) electrons. The van der Waals surface area contributed by atoms with E-state index in [2.05, 4.69) is 11.7 Å². The number of esters is 1. The molecule has 0 saturated heterocycles. The fraction of sp³-hybridized carbons (Fsp3) is 0.727. The van der Waals surface area contributed by atoms with E-state index >= 15 is 0 Å². The second kappa shape index (κ2) is 5.13. The van der Waals surface area contributed by atoms with Crippen LogP contribution in [0.2, 0.25) is 0 Å². The molecule has 14 heavy (non-hydrogen) atoms. The molecule has 2 nitrogen and oxygen atoms in total. The van der Waals surface area contributed by atoms with Gasteiger partial charge in [0.05, 0.1) is 6.61 Å². The summed E-state index contributed by atoms with van der Waals surface area (Å²) in [6.45, 7) is 3.99. The standard InChI is InChI=1S/C11H17FO2/c1-3-14-11(13)10(12)9-6-4-5-8(2)7-9/h8H,3-7H2,1-2H3/b10-9-. The second-order valence-corrected chi connectivity index (χ2v) is 3.84. The van der Waals surface area contributed by atoms with Crippen molar-refractivity contribution in [2.45, 2.75) is 39.5 Å². The van der Waals surface area contributed by atoms with Crippen molar-refractivity contribution in [3.63, 3.8) is 0 Å². The zero-order valence-electron chi connectivity index (χ0n) is 8.81. The van der Waals surface area contributed by atoms with Crippen molar-refractivity contribution in [1.82, 2.24) is 0 Å². The van der Waals surface area contributed by atoms with E-state index < -0.39 is 11.8 Å². The molecule has 1 aliphatic carbocycles. The highest BCUT2D eigenvalue weighted by molar-refractivity contribution is 5.86. The second-order valence-electron chi connectivity index (χ2n) is 3.84. The largest absolute Gasteiger partial charge is 0.461 e. The van der Waals surface area contributed by atoms with Crippen molar-refractivity contribution < 1.29 is 13.9 Å². The molecular weight excluding hydrogens is 183 g/mol. The number of halogens is 1. The molecule has 0 heterocycles. The van der Waals surface area contributed by atoms with Gasteiger partial charge in [0.1, 0.15) is 0 Å². The molecule has 0 aromatic carbocycles. The molecule has 0 amide bonds.